The van der Waals surface area contributed by atoms with Crippen LogP contribution in [-0.2, 0) is 27.3 Å². The third kappa shape index (κ3) is 3.96. The molecule has 2 aliphatic rings. The predicted octanol–water partition coefficient (Wildman–Crippen LogP) is 2.88. The van der Waals surface area contributed by atoms with Gasteiger partial charge in [0.2, 0.25) is 0 Å². The fourth-order valence-electron chi connectivity index (χ4n) is 4.37. The van der Waals surface area contributed by atoms with Crippen molar-refractivity contribution in [1.82, 2.24) is 9.80 Å². The second-order valence-corrected chi connectivity index (χ2v) is 7.84. The van der Waals surface area contributed by atoms with Crippen LogP contribution in [0.4, 0.5) is 0 Å². The maximum atomic E-state index is 13.5. The largest absolute Gasteiger partial charge is 0.493 e. The molecule has 0 aliphatic carbocycles. The summed E-state index contributed by atoms with van der Waals surface area (Å²) < 4.78 is 15.9. The van der Waals surface area contributed by atoms with Gasteiger partial charge in [0.1, 0.15) is 5.70 Å². The Bertz CT molecular complexity index is 1060. The van der Waals surface area contributed by atoms with Crippen molar-refractivity contribution < 1.29 is 23.8 Å². The summed E-state index contributed by atoms with van der Waals surface area (Å²) in [5.41, 5.74) is 3.97. The Labute approximate surface area is 188 Å². The van der Waals surface area contributed by atoms with Crippen LogP contribution in [0.2, 0.25) is 0 Å². The highest BCUT2D eigenvalue weighted by atomic mass is 16.5. The van der Waals surface area contributed by atoms with Gasteiger partial charge in [0.25, 0.3) is 11.8 Å². The number of rotatable bonds is 8. The van der Waals surface area contributed by atoms with Crippen molar-refractivity contribution in [3.8, 4) is 11.5 Å². The highest BCUT2D eigenvalue weighted by Gasteiger charge is 2.42. The van der Waals surface area contributed by atoms with E-state index in [4.69, 9.17) is 14.2 Å². The van der Waals surface area contributed by atoms with Gasteiger partial charge in [0.15, 0.2) is 11.5 Å². The maximum absolute atomic E-state index is 13.5. The zero-order valence-electron chi connectivity index (χ0n) is 18.7. The minimum absolute atomic E-state index is 0.254. The van der Waals surface area contributed by atoms with Crippen molar-refractivity contribution in [1.29, 1.82) is 0 Å². The fraction of sp³-hybridized carbons (Fsp3) is 0.360. The molecule has 2 amide bonds. The monoisotopic (exact) mass is 436 g/mol. The van der Waals surface area contributed by atoms with E-state index in [1.165, 1.54) is 16.0 Å². The molecule has 0 saturated heterocycles. The molecule has 0 unspecified atom stereocenters. The molecule has 4 rings (SSSR count). The molecule has 2 aromatic carbocycles. The van der Waals surface area contributed by atoms with Gasteiger partial charge in [-0.2, -0.15) is 0 Å². The maximum Gasteiger partial charge on any atom is 0.277 e. The van der Waals surface area contributed by atoms with Gasteiger partial charge >= 0.3 is 0 Å². The van der Waals surface area contributed by atoms with E-state index in [1.54, 1.807) is 39.5 Å². The molecule has 0 atom stereocenters. The van der Waals surface area contributed by atoms with Crippen LogP contribution in [0.15, 0.2) is 48.2 Å². The molecule has 2 aromatic rings. The van der Waals surface area contributed by atoms with E-state index in [2.05, 4.69) is 12.1 Å². The van der Waals surface area contributed by atoms with E-state index in [0.29, 0.717) is 61.0 Å². The van der Waals surface area contributed by atoms with E-state index in [9.17, 15) is 9.59 Å². The summed E-state index contributed by atoms with van der Waals surface area (Å²) in [6, 6.07) is 13.6. The van der Waals surface area contributed by atoms with Gasteiger partial charge in [-0.25, -0.2) is 0 Å². The average molecular weight is 437 g/mol. The van der Waals surface area contributed by atoms with Gasteiger partial charge in [-0.15, -0.1) is 0 Å². The van der Waals surface area contributed by atoms with E-state index in [1.807, 2.05) is 17.0 Å². The summed E-state index contributed by atoms with van der Waals surface area (Å²) >= 11 is 0. The van der Waals surface area contributed by atoms with E-state index in [0.717, 1.165) is 6.42 Å². The number of carbonyl (C=O) groups excluding carboxylic acids is 2. The van der Waals surface area contributed by atoms with E-state index < -0.39 is 0 Å². The quantitative estimate of drug-likeness (QED) is 0.468. The molecule has 0 spiro atoms. The van der Waals surface area contributed by atoms with Gasteiger partial charge in [0, 0.05) is 33.4 Å². The number of hydrogen-bond donors (Lipinski definition) is 0. The fourth-order valence-corrected chi connectivity index (χ4v) is 4.37. The first-order valence-electron chi connectivity index (χ1n) is 10.7. The molecule has 0 saturated carbocycles. The summed E-state index contributed by atoms with van der Waals surface area (Å²) in [4.78, 5) is 30.3. The molecule has 0 radical (unpaired) electrons. The van der Waals surface area contributed by atoms with Crippen LogP contribution >= 0.6 is 0 Å². The number of benzene rings is 2. The molecule has 168 valence electrons. The first kappa shape index (κ1) is 21.9. The molecular formula is C25H28N2O5. The zero-order chi connectivity index (χ0) is 22.7. The van der Waals surface area contributed by atoms with Crippen molar-refractivity contribution in [3.63, 3.8) is 0 Å². The third-order valence-electron chi connectivity index (χ3n) is 5.99. The minimum atomic E-state index is -0.285. The Morgan fingerprint density at radius 2 is 1.66 bits per heavy atom. The lowest BCUT2D eigenvalue weighted by atomic mass is 9.97. The Hall–Kier alpha value is -3.32. The lowest BCUT2D eigenvalue weighted by Crippen LogP contribution is -2.38. The molecule has 0 aromatic heterocycles. The second-order valence-electron chi connectivity index (χ2n) is 7.84. The topological polar surface area (TPSA) is 68.3 Å². The number of ether oxygens (including phenoxy) is 3. The van der Waals surface area contributed by atoms with E-state index >= 15 is 0 Å². The van der Waals surface area contributed by atoms with Crippen molar-refractivity contribution in [2.45, 2.75) is 19.4 Å². The summed E-state index contributed by atoms with van der Waals surface area (Å²) in [5, 5.41) is 0. The van der Waals surface area contributed by atoms with Crippen LogP contribution in [0.1, 0.15) is 23.1 Å². The Kier molecular flexibility index (Phi) is 6.46. The van der Waals surface area contributed by atoms with Crippen LogP contribution in [0.3, 0.4) is 0 Å². The summed E-state index contributed by atoms with van der Waals surface area (Å²) in [6.45, 7) is 2.06. The van der Waals surface area contributed by atoms with E-state index in [-0.39, 0.29) is 11.8 Å². The van der Waals surface area contributed by atoms with Crippen LogP contribution in [-0.4, -0.2) is 62.6 Å². The molecule has 0 fully saturated rings. The average Bonchev–Trinajstić information content (AvgIpc) is 3.08. The highest BCUT2D eigenvalue weighted by molar-refractivity contribution is 6.35. The Balaban J connectivity index is 1.76. The van der Waals surface area contributed by atoms with Gasteiger partial charge < -0.3 is 19.1 Å². The van der Waals surface area contributed by atoms with Crippen molar-refractivity contribution in [3.05, 3.63) is 64.9 Å². The van der Waals surface area contributed by atoms with Crippen LogP contribution in [0.5, 0.6) is 11.5 Å². The highest BCUT2D eigenvalue weighted by Crippen LogP contribution is 2.37. The SMILES string of the molecule is COCCCN1C(=O)C(c2ccc(OC)c(OC)c2)=C(N2CCc3ccccc3C2)C1=O. The van der Waals surface area contributed by atoms with Crippen LogP contribution in [0, 0.1) is 0 Å². The predicted molar refractivity (Wildman–Crippen MR) is 120 cm³/mol. The van der Waals surface area contributed by atoms with Crippen LogP contribution < -0.4 is 9.47 Å². The Morgan fingerprint density at radius 1 is 0.906 bits per heavy atom. The third-order valence-corrected chi connectivity index (χ3v) is 5.99. The number of amides is 2. The zero-order valence-corrected chi connectivity index (χ0v) is 18.7. The summed E-state index contributed by atoms with van der Waals surface area (Å²) in [6.07, 6.45) is 1.41. The smallest absolute Gasteiger partial charge is 0.277 e. The number of methoxy groups -OCH3 is 3. The van der Waals surface area contributed by atoms with Gasteiger partial charge in [-0.1, -0.05) is 30.3 Å². The second kappa shape index (κ2) is 9.44. The molecule has 0 N–H and O–H groups in total. The molecule has 32 heavy (non-hydrogen) atoms. The molecular weight excluding hydrogens is 408 g/mol. The minimum Gasteiger partial charge on any atom is -0.493 e. The standard InChI is InChI=1S/C25H28N2O5/c1-30-14-6-12-27-24(28)22(18-9-10-20(31-2)21(15-18)32-3)23(25(27)29)26-13-11-17-7-4-5-8-19(17)16-26/h4-5,7-10,15H,6,11-14,16H2,1-3H3. The molecule has 2 aliphatic heterocycles. The number of fused-ring (bicyclic) bond motifs is 1. The first-order valence-corrected chi connectivity index (χ1v) is 10.7. The molecule has 0 bridgehead atoms. The molecule has 7 nitrogen and oxygen atoms in total. The van der Waals surface area contributed by atoms with Gasteiger partial charge in [-0.3, -0.25) is 14.5 Å². The summed E-state index contributed by atoms with van der Waals surface area (Å²) in [7, 11) is 4.73. The van der Waals surface area contributed by atoms with Crippen molar-refractivity contribution in [2.75, 3.05) is 41.0 Å². The van der Waals surface area contributed by atoms with Gasteiger partial charge in [0.05, 0.1) is 19.8 Å². The van der Waals surface area contributed by atoms with Crippen LogP contribution in [0.25, 0.3) is 5.57 Å². The number of carbonyl (C=O) groups is 2. The lowest BCUT2D eigenvalue weighted by molar-refractivity contribution is -0.137. The lowest BCUT2D eigenvalue weighted by Gasteiger charge is -2.31. The Morgan fingerprint density at radius 3 is 2.38 bits per heavy atom. The summed E-state index contributed by atoms with van der Waals surface area (Å²) in [5.74, 6) is 0.542. The van der Waals surface area contributed by atoms with Gasteiger partial charge in [-0.05, 0) is 41.7 Å². The van der Waals surface area contributed by atoms with Crippen molar-refractivity contribution >= 4 is 17.4 Å². The molecule has 2 heterocycles. The van der Waals surface area contributed by atoms with Crippen molar-refractivity contribution in [2.24, 2.45) is 0 Å². The number of imide groups is 1. The number of hydrogen-bond acceptors (Lipinski definition) is 6. The molecule has 7 heteroatoms. The first-order chi connectivity index (χ1) is 15.6. The normalized spacial score (nSPS) is 16.0. The number of nitrogens with zero attached hydrogens (tertiary/aromatic N) is 2.